The summed E-state index contributed by atoms with van der Waals surface area (Å²) in [7, 11) is 1.72. The van der Waals surface area contributed by atoms with Crippen molar-refractivity contribution < 1.29 is 4.42 Å². The number of nitrogens with one attached hydrogen (secondary N) is 1. The Morgan fingerprint density at radius 1 is 1.33 bits per heavy atom. The molecule has 0 aliphatic carbocycles. The first kappa shape index (κ1) is 14.1. The van der Waals surface area contributed by atoms with Gasteiger partial charge >= 0.3 is 5.76 Å². The fourth-order valence-corrected chi connectivity index (χ4v) is 3.17. The van der Waals surface area contributed by atoms with Crippen molar-refractivity contribution in [3.63, 3.8) is 0 Å². The van der Waals surface area contributed by atoms with Crippen LogP contribution in [0.3, 0.4) is 0 Å². The van der Waals surface area contributed by atoms with Crippen molar-refractivity contribution in [1.82, 2.24) is 9.88 Å². The molecule has 0 radical (unpaired) electrons. The van der Waals surface area contributed by atoms with E-state index in [-0.39, 0.29) is 11.8 Å². The van der Waals surface area contributed by atoms with E-state index in [1.807, 2.05) is 12.1 Å². The Labute approximate surface area is 127 Å². The Balaban J connectivity index is 2.04. The third-order valence-electron chi connectivity index (χ3n) is 3.62. The molecule has 0 aliphatic rings. The molecule has 0 amide bonds. The number of oxazole rings is 1. The molecule has 110 valence electrons. The van der Waals surface area contributed by atoms with Crippen molar-refractivity contribution in [3.05, 3.63) is 56.7 Å². The molecule has 1 aromatic carbocycles. The monoisotopic (exact) mass is 302 g/mol. The van der Waals surface area contributed by atoms with Gasteiger partial charge in [0.15, 0.2) is 5.58 Å². The van der Waals surface area contributed by atoms with Gasteiger partial charge in [0, 0.05) is 7.05 Å². The number of rotatable bonds is 5. The van der Waals surface area contributed by atoms with E-state index in [0.717, 1.165) is 24.0 Å². The van der Waals surface area contributed by atoms with Crippen LogP contribution in [0, 0.1) is 0 Å². The Bertz CT molecular complexity index is 786. The van der Waals surface area contributed by atoms with Crippen molar-refractivity contribution in [2.75, 3.05) is 6.54 Å². The zero-order chi connectivity index (χ0) is 14.8. The number of nitrogens with zero attached hydrogens (tertiary/aromatic N) is 1. The highest BCUT2D eigenvalue weighted by Gasteiger charge is 2.16. The third-order valence-corrected chi connectivity index (χ3v) is 4.33. The molecule has 0 spiro atoms. The standard InChI is InChI=1S/C16H18N2O2S/c1-3-7-17-15(12-6-8-21-10-12)11-4-5-13-14(9-11)20-16(19)18(13)2/h4-6,8-10,15,17H,3,7H2,1-2H3. The lowest BCUT2D eigenvalue weighted by Crippen LogP contribution is -2.22. The summed E-state index contributed by atoms with van der Waals surface area (Å²) in [5, 5.41) is 7.79. The number of benzene rings is 1. The minimum atomic E-state index is -0.323. The predicted octanol–water partition coefficient (Wildman–Crippen LogP) is 3.28. The smallest absolute Gasteiger partial charge is 0.408 e. The molecule has 0 fully saturated rings. The molecule has 4 nitrogen and oxygen atoms in total. The molecule has 2 aromatic heterocycles. The van der Waals surface area contributed by atoms with Gasteiger partial charge in [0.1, 0.15) is 0 Å². The van der Waals surface area contributed by atoms with Crippen LogP contribution in [0.1, 0.15) is 30.5 Å². The van der Waals surface area contributed by atoms with E-state index in [9.17, 15) is 4.79 Å². The average Bonchev–Trinajstić information content (AvgIpc) is 3.09. The van der Waals surface area contributed by atoms with Crippen LogP contribution in [0.5, 0.6) is 0 Å². The first-order valence-electron chi connectivity index (χ1n) is 7.05. The van der Waals surface area contributed by atoms with Crippen molar-refractivity contribution in [3.8, 4) is 0 Å². The van der Waals surface area contributed by atoms with Crippen molar-refractivity contribution in [2.45, 2.75) is 19.4 Å². The van der Waals surface area contributed by atoms with Crippen molar-refractivity contribution in [1.29, 1.82) is 0 Å². The van der Waals surface area contributed by atoms with Gasteiger partial charge in [-0.05, 0) is 53.1 Å². The van der Waals surface area contributed by atoms with Crippen molar-refractivity contribution in [2.24, 2.45) is 7.05 Å². The summed E-state index contributed by atoms with van der Waals surface area (Å²) in [6.07, 6.45) is 1.07. The van der Waals surface area contributed by atoms with Crippen LogP contribution in [0.4, 0.5) is 0 Å². The second-order valence-corrected chi connectivity index (χ2v) is 5.88. The molecule has 5 heteroatoms. The Morgan fingerprint density at radius 3 is 2.90 bits per heavy atom. The van der Waals surface area contributed by atoms with Crippen LogP contribution in [0.25, 0.3) is 11.1 Å². The molecule has 0 saturated carbocycles. The molecular weight excluding hydrogens is 284 g/mol. The zero-order valence-corrected chi connectivity index (χ0v) is 12.9. The highest BCUT2D eigenvalue weighted by atomic mass is 32.1. The molecule has 0 saturated heterocycles. The van der Waals surface area contributed by atoms with E-state index in [2.05, 4.69) is 35.1 Å². The molecule has 2 heterocycles. The minimum Gasteiger partial charge on any atom is -0.408 e. The number of aromatic nitrogens is 1. The number of thiophene rings is 1. The van der Waals surface area contributed by atoms with E-state index < -0.39 is 0 Å². The molecule has 0 aliphatic heterocycles. The summed E-state index contributed by atoms with van der Waals surface area (Å²) in [6.45, 7) is 3.09. The van der Waals surface area contributed by atoms with Gasteiger partial charge in [0.25, 0.3) is 0 Å². The first-order valence-corrected chi connectivity index (χ1v) is 8.00. The summed E-state index contributed by atoms with van der Waals surface area (Å²) >= 11 is 1.69. The van der Waals surface area contributed by atoms with E-state index in [4.69, 9.17) is 4.42 Å². The molecule has 0 bridgehead atoms. The maximum atomic E-state index is 11.6. The number of fused-ring (bicyclic) bond motifs is 1. The summed E-state index contributed by atoms with van der Waals surface area (Å²) in [6, 6.07) is 8.22. The summed E-state index contributed by atoms with van der Waals surface area (Å²) in [5.74, 6) is -0.323. The van der Waals surface area contributed by atoms with Crippen molar-refractivity contribution >= 4 is 22.4 Å². The van der Waals surface area contributed by atoms with Gasteiger partial charge in [-0.15, -0.1) is 0 Å². The van der Waals surface area contributed by atoms with E-state index in [0.29, 0.717) is 5.58 Å². The minimum absolute atomic E-state index is 0.131. The topological polar surface area (TPSA) is 47.2 Å². The quantitative estimate of drug-likeness (QED) is 0.787. The van der Waals surface area contributed by atoms with Gasteiger partial charge in [0.05, 0.1) is 11.6 Å². The van der Waals surface area contributed by atoms with Gasteiger partial charge in [0.2, 0.25) is 0 Å². The molecule has 1 atom stereocenters. The molecule has 1 unspecified atom stereocenters. The zero-order valence-electron chi connectivity index (χ0n) is 12.1. The number of hydrogen-bond acceptors (Lipinski definition) is 4. The lowest BCUT2D eigenvalue weighted by molar-refractivity contribution is 0.527. The van der Waals surface area contributed by atoms with Gasteiger partial charge in [-0.25, -0.2) is 4.79 Å². The van der Waals surface area contributed by atoms with Crippen LogP contribution >= 0.6 is 11.3 Å². The lowest BCUT2D eigenvalue weighted by Gasteiger charge is -2.18. The van der Waals surface area contributed by atoms with Crippen LogP contribution in [0.2, 0.25) is 0 Å². The summed E-state index contributed by atoms with van der Waals surface area (Å²) in [4.78, 5) is 11.6. The number of aryl methyl sites for hydroxylation is 1. The summed E-state index contributed by atoms with van der Waals surface area (Å²) in [5.41, 5.74) is 3.82. The normalized spacial score (nSPS) is 12.9. The van der Waals surface area contributed by atoms with Crippen LogP contribution in [-0.4, -0.2) is 11.1 Å². The molecule has 21 heavy (non-hydrogen) atoms. The second kappa shape index (κ2) is 5.87. The Kier molecular flexibility index (Phi) is 3.94. The Hall–Kier alpha value is -1.85. The van der Waals surface area contributed by atoms with Crippen LogP contribution < -0.4 is 11.1 Å². The van der Waals surface area contributed by atoms with Gasteiger partial charge in [-0.3, -0.25) is 4.57 Å². The lowest BCUT2D eigenvalue weighted by atomic mass is 10.0. The number of hydrogen-bond donors (Lipinski definition) is 1. The first-order chi connectivity index (χ1) is 10.2. The van der Waals surface area contributed by atoms with Crippen LogP contribution in [-0.2, 0) is 7.05 Å². The van der Waals surface area contributed by atoms with Crippen LogP contribution in [0.15, 0.2) is 44.2 Å². The maximum absolute atomic E-state index is 11.6. The molecule has 3 aromatic rings. The highest BCUT2D eigenvalue weighted by molar-refractivity contribution is 7.08. The van der Waals surface area contributed by atoms with E-state index in [1.54, 1.807) is 18.4 Å². The maximum Gasteiger partial charge on any atom is 0.419 e. The van der Waals surface area contributed by atoms with E-state index >= 15 is 0 Å². The van der Waals surface area contributed by atoms with Gasteiger partial charge < -0.3 is 9.73 Å². The fraction of sp³-hybridized carbons (Fsp3) is 0.312. The average molecular weight is 302 g/mol. The molecule has 3 rings (SSSR count). The van der Waals surface area contributed by atoms with Gasteiger partial charge in [-0.2, -0.15) is 11.3 Å². The largest absolute Gasteiger partial charge is 0.419 e. The van der Waals surface area contributed by atoms with E-state index in [1.165, 1.54) is 10.1 Å². The summed E-state index contributed by atoms with van der Waals surface area (Å²) < 4.78 is 6.82. The SMILES string of the molecule is CCCNC(c1ccsc1)c1ccc2c(c1)oc(=O)n2C. The Morgan fingerprint density at radius 2 is 2.19 bits per heavy atom. The third kappa shape index (κ3) is 2.66. The van der Waals surface area contributed by atoms with Gasteiger partial charge in [-0.1, -0.05) is 13.0 Å². The predicted molar refractivity (Wildman–Crippen MR) is 85.9 cm³/mol. The highest BCUT2D eigenvalue weighted by Crippen LogP contribution is 2.26. The second-order valence-electron chi connectivity index (χ2n) is 5.10. The molecular formula is C16H18N2O2S. The fourth-order valence-electron chi connectivity index (χ4n) is 2.49. The molecule has 1 N–H and O–H groups in total.